The van der Waals surface area contributed by atoms with Gasteiger partial charge in [-0.1, -0.05) is 11.6 Å². The minimum Gasteiger partial charge on any atom is -0.340 e. The zero-order chi connectivity index (χ0) is 15.3. The van der Waals surface area contributed by atoms with Crippen LogP contribution in [0.2, 0.25) is 5.15 Å². The Hall–Kier alpha value is -2.14. The van der Waals surface area contributed by atoms with Gasteiger partial charge in [-0.15, -0.1) is 0 Å². The Bertz CT molecular complexity index is 773. The molecule has 2 heterocycles. The lowest BCUT2D eigenvalue weighted by molar-refractivity contribution is -0.117. The maximum absolute atomic E-state index is 11.7. The first-order valence-corrected chi connectivity index (χ1v) is 7.69. The van der Waals surface area contributed by atoms with Crippen molar-refractivity contribution in [3.63, 3.8) is 0 Å². The zero-order valence-electron chi connectivity index (χ0n) is 12.1. The van der Waals surface area contributed by atoms with Crippen LogP contribution in [0.15, 0.2) is 24.3 Å². The van der Waals surface area contributed by atoms with Gasteiger partial charge >= 0.3 is 0 Å². The third-order valence-electron chi connectivity index (χ3n) is 4.08. The molecule has 1 aromatic heterocycles. The Balaban J connectivity index is 1.62. The summed E-state index contributed by atoms with van der Waals surface area (Å²) < 4.78 is 0. The van der Waals surface area contributed by atoms with Gasteiger partial charge in [0.15, 0.2) is 0 Å². The van der Waals surface area contributed by atoms with E-state index in [-0.39, 0.29) is 5.91 Å². The molecular weight excluding hydrogens is 300 g/mol. The molecule has 0 unspecified atom stereocenters. The first-order chi connectivity index (χ1) is 10.6. The van der Waals surface area contributed by atoms with Gasteiger partial charge in [-0.2, -0.15) is 0 Å². The van der Waals surface area contributed by atoms with Gasteiger partial charge in [-0.25, -0.2) is 9.97 Å². The molecule has 0 spiro atoms. The molecule has 1 aliphatic carbocycles. The third-order valence-corrected chi connectivity index (χ3v) is 4.28. The molecule has 2 aliphatic rings. The van der Waals surface area contributed by atoms with E-state index in [2.05, 4.69) is 15.3 Å². The number of rotatable bonds is 3. The summed E-state index contributed by atoms with van der Waals surface area (Å²) in [5.74, 6) is 2.07. The van der Waals surface area contributed by atoms with E-state index in [1.807, 2.05) is 18.2 Å². The van der Waals surface area contributed by atoms with E-state index in [9.17, 15) is 4.79 Å². The second-order valence-electron chi connectivity index (χ2n) is 5.81. The Kier molecular flexibility index (Phi) is 3.04. The summed E-state index contributed by atoms with van der Waals surface area (Å²) in [6.07, 6.45) is 2.71. The summed E-state index contributed by atoms with van der Waals surface area (Å²) >= 11 is 6.08. The molecule has 4 rings (SSSR count). The van der Waals surface area contributed by atoms with Crippen molar-refractivity contribution in [2.24, 2.45) is 0 Å². The average molecular weight is 315 g/mol. The fraction of sp³-hybridized carbons (Fsp3) is 0.312. The number of carbonyl (C=O) groups is 1. The minimum atomic E-state index is 0.119. The van der Waals surface area contributed by atoms with Crippen LogP contribution < -0.4 is 10.2 Å². The van der Waals surface area contributed by atoms with Gasteiger partial charge < -0.3 is 10.2 Å². The zero-order valence-corrected chi connectivity index (χ0v) is 12.9. The van der Waals surface area contributed by atoms with Crippen LogP contribution >= 0.6 is 11.6 Å². The molecule has 2 aromatic rings. The molecule has 112 valence electrons. The Labute approximate surface area is 133 Å². The van der Waals surface area contributed by atoms with Crippen LogP contribution in [0.25, 0.3) is 0 Å². The van der Waals surface area contributed by atoms with Gasteiger partial charge in [0.25, 0.3) is 0 Å². The molecule has 6 heteroatoms. The van der Waals surface area contributed by atoms with Crippen LogP contribution in [-0.4, -0.2) is 22.9 Å². The molecule has 0 bridgehead atoms. The highest BCUT2D eigenvalue weighted by Gasteiger charge is 2.27. The van der Waals surface area contributed by atoms with E-state index in [1.165, 1.54) is 0 Å². The van der Waals surface area contributed by atoms with Crippen LogP contribution in [0.1, 0.15) is 30.1 Å². The normalized spacial score (nSPS) is 16.8. The van der Waals surface area contributed by atoms with Crippen LogP contribution in [0.4, 0.5) is 17.2 Å². The van der Waals surface area contributed by atoms with Crippen molar-refractivity contribution in [3.05, 3.63) is 40.8 Å². The monoisotopic (exact) mass is 314 g/mol. The van der Waals surface area contributed by atoms with Gasteiger partial charge in [-0.3, -0.25) is 4.79 Å². The highest BCUT2D eigenvalue weighted by molar-refractivity contribution is 6.29. The van der Waals surface area contributed by atoms with E-state index in [0.717, 1.165) is 35.6 Å². The van der Waals surface area contributed by atoms with Crippen molar-refractivity contribution in [3.8, 4) is 0 Å². The van der Waals surface area contributed by atoms with Crippen LogP contribution in [0.3, 0.4) is 0 Å². The number of nitrogens with one attached hydrogen (secondary N) is 1. The predicted molar refractivity (Wildman–Crippen MR) is 85.9 cm³/mol. The molecule has 0 atom stereocenters. The second kappa shape index (κ2) is 4.95. The van der Waals surface area contributed by atoms with Crippen molar-refractivity contribution in [1.29, 1.82) is 0 Å². The molecule has 1 fully saturated rings. The quantitative estimate of drug-likeness (QED) is 0.883. The Morgan fingerprint density at radius 3 is 2.86 bits per heavy atom. The molecule has 1 aromatic carbocycles. The standard InChI is InChI=1S/C16H15ClN4O/c1-21-12-5-4-11(6-10(12)7-15(21)22)18-14-8-13(17)19-16(20-14)9-2-3-9/h4-6,8-9H,2-3,7H2,1H3,(H,18,19,20). The highest BCUT2D eigenvalue weighted by atomic mass is 35.5. The minimum absolute atomic E-state index is 0.119. The topological polar surface area (TPSA) is 58.1 Å². The number of amides is 1. The van der Waals surface area contributed by atoms with E-state index in [0.29, 0.717) is 23.3 Å². The smallest absolute Gasteiger partial charge is 0.231 e. The predicted octanol–water partition coefficient (Wildman–Crippen LogP) is 3.27. The molecule has 1 saturated carbocycles. The van der Waals surface area contributed by atoms with Crippen LogP contribution in [0, 0.1) is 0 Å². The molecule has 0 saturated heterocycles. The lowest BCUT2D eigenvalue weighted by Gasteiger charge is -2.12. The molecule has 0 radical (unpaired) electrons. The SMILES string of the molecule is CN1C(=O)Cc2cc(Nc3cc(Cl)nc(C4CC4)n3)ccc21. The fourth-order valence-corrected chi connectivity index (χ4v) is 2.91. The molecule has 1 N–H and O–H groups in total. The summed E-state index contributed by atoms with van der Waals surface area (Å²) in [5.41, 5.74) is 2.90. The van der Waals surface area contributed by atoms with Crippen LogP contribution in [0.5, 0.6) is 0 Å². The summed E-state index contributed by atoms with van der Waals surface area (Å²) in [6, 6.07) is 7.61. The number of benzene rings is 1. The maximum atomic E-state index is 11.7. The number of carbonyl (C=O) groups excluding carboxylic acids is 1. The number of halogens is 1. The van der Waals surface area contributed by atoms with Gasteiger partial charge in [0, 0.05) is 30.4 Å². The third kappa shape index (κ3) is 2.41. The number of aromatic nitrogens is 2. The van der Waals surface area contributed by atoms with Crippen LogP contribution in [-0.2, 0) is 11.2 Å². The van der Waals surface area contributed by atoms with E-state index in [4.69, 9.17) is 11.6 Å². The first kappa shape index (κ1) is 13.5. The van der Waals surface area contributed by atoms with Crippen molar-refractivity contribution >= 4 is 34.7 Å². The van der Waals surface area contributed by atoms with Gasteiger partial charge in [0.1, 0.15) is 16.8 Å². The largest absolute Gasteiger partial charge is 0.340 e. The van der Waals surface area contributed by atoms with Crippen molar-refractivity contribution in [2.75, 3.05) is 17.3 Å². The maximum Gasteiger partial charge on any atom is 0.231 e. The molecule has 22 heavy (non-hydrogen) atoms. The van der Waals surface area contributed by atoms with Gasteiger partial charge in [-0.05, 0) is 36.6 Å². The van der Waals surface area contributed by atoms with Crippen molar-refractivity contribution < 1.29 is 4.79 Å². The second-order valence-corrected chi connectivity index (χ2v) is 6.19. The van der Waals surface area contributed by atoms with Crippen molar-refractivity contribution in [1.82, 2.24) is 9.97 Å². The molecular formula is C16H15ClN4O. The van der Waals surface area contributed by atoms with Gasteiger partial charge in [0.05, 0.1) is 6.42 Å². The number of hydrogen-bond acceptors (Lipinski definition) is 4. The first-order valence-electron chi connectivity index (χ1n) is 7.31. The van der Waals surface area contributed by atoms with Gasteiger partial charge in [0.2, 0.25) is 5.91 Å². The number of hydrogen-bond donors (Lipinski definition) is 1. The van der Waals surface area contributed by atoms with E-state index < -0.39 is 0 Å². The Morgan fingerprint density at radius 2 is 2.09 bits per heavy atom. The van der Waals surface area contributed by atoms with E-state index in [1.54, 1.807) is 18.0 Å². The summed E-state index contributed by atoms with van der Waals surface area (Å²) in [6.45, 7) is 0. The molecule has 1 aliphatic heterocycles. The number of nitrogens with zero attached hydrogens (tertiary/aromatic N) is 3. The lowest BCUT2D eigenvalue weighted by atomic mass is 10.1. The highest BCUT2D eigenvalue weighted by Crippen LogP contribution is 2.39. The summed E-state index contributed by atoms with van der Waals surface area (Å²) in [5, 5.41) is 3.72. The number of fused-ring (bicyclic) bond motifs is 1. The van der Waals surface area contributed by atoms with E-state index >= 15 is 0 Å². The lowest BCUT2D eigenvalue weighted by Crippen LogP contribution is -2.20. The number of anilines is 3. The van der Waals surface area contributed by atoms with Crippen molar-refractivity contribution in [2.45, 2.75) is 25.2 Å². The fourth-order valence-electron chi connectivity index (χ4n) is 2.72. The number of likely N-dealkylation sites (N-methyl/N-ethyl adjacent to an activating group) is 1. The molecule has 5 nitrogen and oxygen atoms in total. The summed E-state index contributed by atoms with van der Waals surface area (Å²) in [7, 11) is 1.80. The molecule has 1 amide bonds. The average Bonchev–Trinajstić information content (AvgIpc) is 3.27. The summed E-state index contributed by atoms with van der Waals surface area (Å²) in [4.78, 5) is 22.2. The Morgan fingerprint density at radius 1 is 1.27 bits per heavy atom.